The molecule has 0 heterocycles. The van der Waals surface area contributed by atoms with Gasteiger partial charge in [-0.1, -0.05) is 42.5 Å². The minimum Gasteiger partial charge on any atom is -0.508 e. The maximum atomic E-state index is 8.94. The lowest BCUT2D eigenvalue weighted by Gasteiger charge is -1.96. The van der Waals surface area contributed by atoms with Crippen molar-refractivity contribution < 1.29 is 15.0 Å². The Balaban J connectivity index is 0. The fraction of sp³-hybridized carbons (Fsp3) is 0.188. The lowest BCUT2D eigenvalue weighted by atomic mass is 10.2. The summed E-state index contributed by atoms with van der Waals surface area (Å²) in [4.78, 5) is 8.00. The Bertz CT molecular complexity index is 432. The molecule has 0 unspecified atom stereocenters. The molecule has 0 saturated carbocycles. The van der Waals surface area contributed by atoms with Crippen molar-refractivity contribution in [2.75, 3.05) is 0 Å². The van der Waals surface area contributed by atoms with E-state index in [0.29, 0.717) is 0 Å². The molecule has 1 rings (SSSR count). The first-order chi connectivity index (χ1) is 9.01. The van der Waals surface area contributed by atoms with Gasteiger partial charge in [0.15, 0.2) is 0 Å². The Hall–Kier alpha value is -2.29. The van der Waals surface area contributed by atoms with Gasteiger partial charge in [-0.3, -0.25) is 0 Å². The van der Waals surface area contributed by atoms with Crippen LogP contribution in [0.1, 0.15) is 19.4 Å². The van der Waals surface area contributed by atoms with Crippen LogP contribution in [0.2, 0.25) is 0 Å². The Labute approximate surface area is 115 Å². The summed E-state index contributed by atoms with van der Waals surface area (Å²) in [6.07, 6.45) is 7.84. The van der Waals surface area contributed by atoms with Gasteiger partial charge in [-0.05, 0) is 32.4 Å². The van der Waals surface area contributed by atoms with E-state index in [-0.39, 0.29) is 11.5 Å². The van der Waals surface area contributed by atoms with Crippen LogP contribution in [0.5, 0.6) is 11.5 Å². The Kier molecular flexibility index (Phi) is 12.2. The Morgan fingerprint density at radius 1 is 1.26 bits per heavy atom. The summed E-state index contributed by atoms with van der Waals surface area (Å²) in [7, 11) is 0. The predicted molar refractivity (Wildman–Crippen MR) is 80.4 cm³/mol. The maximum absolute atomic E-state index is 8.94. The zero-order valence-electron chi connectivity index (χ0n) is 11.8. The minimum atomic E-state index is 0.0955. The number of benzene rings is 1. The molecule has 0 aliphatic rings. The average molecular weight is 262 g/mol. The topological polar surface area (TPSA) is 57.5 Å². The van der Waals surface area contributed by atoms with E-state index in [1.54, 1.807) is 13.0 Å². The van der Waals surface area contributed by atoms with Gasteiger partial charge in [-0.15, -0.1) is 0 Å². The van der Waals surface area contributed by atoms with Crippen molar-refractivity contribution in [3.63, 3.8) is 0 Å². The van der Waals surface area contributed by atoms with Crippen molar-refractivity contribution in [2.45, 2.75) is 20.8 Å². The molecule has 104 valence electrons. The summed E-state index contributed by atoms with van der Waals surface area (Å²) in [5, 5.41) is 17.7. The molecule has 0 saturated heterocycles. The van der Waals surface area contributed by atoms with E-state index >= 15 is 0 Å². The third-order valence-electron chi connectivity index (χ3n) is 2.07. The zero-order valence-corrected chi connectivity index (χ0v) is 11.8. The van der Waals surface area contributed by atoms with Crippen LogP contribution in [0.3, 0.4) is 0 Å². The second kappa shape index (κ2) is 12.2. The van der Waals surface area contributed by atoms with E-state index in [1.165, 1.54) is 17.7 Å². The SMILES string of the molecule is C=C/C(C)=C\C=C/C.C=O.Cc1ccc(O)cc1O. The van der Waals surface area contributed by atoms with Crippen LogP contribution in [0.4, 0.5) is 0 Å². The highest BCUT2D eigenvalue weighted by Crippen LogP contribution is 2.20. The third kappa shape index (κ3) is 10.6. The normalized spacial score (nSPS) is 9.95. The summed E-state index contributed by atoms with van der Waals surface area (Å²) in [5.41, 5.74) is 1.97. The molecule has 2 N–H and O–H groups in total. The van der Waals surface area contributed by atoms with Crippen molar-refractivity contribution >= 4 is 6.79 Å². The second-order valence-electron chi connectivity index (χ2n) is 3.61. The largest absolute Gasteiger partial charge is 0.508 e. The number of phenolic OH excluding ortho intramolecular Hbond substituents is 2. The maximum Gasteiger partial charge on any atom is 0.122 e. The van der Waals surface area contributed by atoms with E-state index in [4.69, 9.17) is 15.0 Å². The summed E-state index contributed by atoms with van der Waals surface area (Å²) in [5.74, 6) is 0.230. The van der Waals surface area contributed by atoms with Gasteiger partial charge in [0.05, 0.1) is 0 Å². The van der Waals surface area contributed by atoms with Crippen LogP contribution in [-0.2, 0) is 4.79 Å². The molecule has 0 aromatic heterocycles. The highest BCUT2D eigenvalue weighted by Gasteiger charge is 1.93. The summed E-state index contributed by atoms with van der Waals surface area (Å²) in [6, 6.07) is 4.51. The fourth-order valence-corrected chi connectivity index (χ4v) is 0.914. The molecule has 19 heavy (non-hydrogen) atoms. The molecule has 3 heteroatoms. The standard InChI is InChI=1S/C8H12.C7H8O2.CH2O/c1-4-6-7-8(3)5-2;1-5-2-3-6(8)4-7(5)9;1-2/h4-7H,2H2,1,3H3;2-4,8-9H,1H3;1H2/b6-4-,8-7-;;. The van der Waals surface area contributed by atoms with E-state index in [9.17, 15) is 0 Å². The van der Waals surface area contributed by atoms with Crippen LogP contribution in [0.15, 0.2) is 54.7 Å². The molecule has 0 spiro atoms. The Morgan fingerprint density at radius 3 is 2.21 bits per heavy atom. The molecule has 1 aromatic rings. The van der Waals surface area contributed by atoms with Gasteiger partial charge >= 0.3 is 0 Å². The van der Waals surface area contributed by atoms with E-state index in [2.05, 4.69) is 6.58 Å². The first-order valence-corrected chi connectivity index (χ1v) is 5.70. The van der Waals surface area contributed by atoms with Crippen molar-refractivity contribution in [3.8, 4) is 11.5 Å². The monoisotopic (exact) mass is 262 g/mol. The van der Waals surface area contributed by atoms with Crippen LogP contribution in [0, 0.1) is 6.92 Å². The molecular formula is C16H22O3. The number of hydrogen-bond acceptors (Lipinski definition) is 3. The van der Waals surface area contributed by atoms with E-state index in [1.807, 2.05) is 44.9 Å². The van der Waals surface area contributed by atoms with Gasteiger partial charge in [-0.2, -0.15) is 0 Å². The fourth-order valence-electron chi connectivity index (χ4n) is 0.914. The van der Waals surface area contributed by atoms with Gasteiger partial charge in [0.1, 0.15) is 18.3 Å². The first-order valence-electron chi connectivity index (χ1n) is 5.70. The summed E-state index contributed by atoms with van der Waals surface area (Å²) in [6.45, 7) is 11.4. The molecule has 0 amide bonds. The molecule has 0 atom stereocenters. The zero-order chi connectivity index (χ0) is 15.3. The number of allylic oxidation sites excluding steroid dienone is 5. The van der Waals surface area contributed by atoms with Gasteiger partial charge in [-0.25, -0.2) is 0 Å². The molecule has 0 radical (unpaired) electrons. The predicted octanol–water partition coefficient (Wildman–Crippen LogP) is 3.92. The van der Waals surface area contributed by atoms with E-state index in [0.717, 1.165) is 5.56 Å². The smallest absolute Gasteiger partial charge is 0.122 e. The number of carbonyl (C=O) groups excluding carboxylic acids is 1. The van der Waals surface area contributed by atoms with Gasteiger partial charge in [0.2, 0.25) is 0 Å². The highest BCUT2D eigenvalue weighted by molar-refractivity contribution is 5.37. The molecule has 0 bridgehead atoms. The number of carbonyl (C=O) groups is 1. The van der Waals surface area contributed by atoms with Crippen LogP contribution in [0.25, 0.3) is 0 Å². The Morgan fingerprint density at radius 2 is 1.84 bits per heavy atom. The van der Waals surface area contributed by atoms with Gasteiger partial charge in [0, 0.05) is 6.07 Å². The van der Waals surface area contributed by atoms with Crippen LogP contribution < -0.4 is 0 Å². The first kappa shape index (κ1) is 19.1. The van der Waals surface area contributed by atoms with Crippen molar-refractivity contribution in [2.24, 2.45) is 0 Å². The molecule has 3 nitrogen and oxygen atoms in total. The number of aryl methyl sites for hydroxylation is 1. The molecule has 1 aromatic carbocycles. The molecule has 0 fully saturated rings. The summed E-state index contributed by atoms with van der Waals surface area (Å²) < 4.78 is 0. The molecule has 0 aliphatic heterocycles. The number of aromatic hydroxyl groups is 2. The number of phenols is 2. The summed E-state index contributed by atoms with van der Waals surface area (Å²) >= 11 is 0. The van der Waals surface area contributed by atoms with Crippen molar-refractivity contribution in [1.82, 2.24) is 0 Å². The molecular weight excluding hydrogens is 240 g/mol. The van der Waals surface area contributed by atoms with Crippen molar-refractivity contribution in [3.05, 3.63) is 60.2 Å². The van der Waals surface area contributed by atoms with Crippen molar-refractivity contribution in [1.29, 1.82) is 0 Å². The van der Waals surface area contributed by atoms with E-state index < -0.39 is 0 Å². The quantitative estimate of drug-likeness (QED) is 0.794. The van der Waals surface area contributed by atoms with Gasteiger partial charge in [0.25, 0.3) is 0 Å². The van der Waals surface area contributed by atoms with Crippen LogP contribution >= 0.6 is 0 Å². The lowest BCUT2D eigenvalue weighted by Crippen LogP contribution is -1.71. The minimum absolute atomic E-state index is 0.0955. The lowest BCUT2D eigenvalue weighted by molar-refractivity contribution is -0.0979. The molecule has 0 aliphatic carbocycles. The average Bonchev–Trinajstić information content (AvgIpc) is 2.43. The number of rotatable bonds is 2. The third-order valence-corrected chi connectivity index (χ3v) is 2.07. The number of hydrogen-bond donors (Lipinski definition) is 2. The second-order valence-corrected chi connectivity index (χ2v) is 3.61. The van der Waals surface area contributed by atoms with Gasteiger partial charge < -0.3 is 15.0 Å². The highest BCUT2D eigenvalue weighted by atomic mass is 16.3. The van der Waals surface area contributed by atoms with Crippen LogP contribution in [-0.4, -0.2) is 17.0 Å².